The summed E-state index contributed by atoms with van der Waals surface area (Å²) in [6.07, 6.45) is 1.74. The third-order valence-electron chi connectivity index (χ3n) is 6.71. The maximum absolute atomic E-state index is 14.1. The van der Waals surface area contributed by atoms with E-state index in [1.165, 1.54) is 15.9 Å². The van der Waals surface area contributed by atoms with Gasteiger partial charge in [-0.2, -0.15) is 0 Å². The van der Waals surface area contributed by atoms with Gasteiger partial charge < -0.3 is 14.2 Å². The molecule has 4 aromatic rings. The number of fused-ring (bicyclic) bond motifs is 1. The Morgan fingerprint density at radius 3 is 2.45 bits per heavy atom. The fourth-order valence-electron chi connectivity index (χ4n) is 4.79. The molecule has 0 saturated carbocycles. The van der Waals surface area contributed by atoms with E-state index in [4.69, 9.17) is 49.0 Å². The van der Waals surface area contributed by atoms with Gasteiger partial charge in [-0.05, 0) is 97.0 Å². The Kier molecular flexibility index (Phi) is 10.4. The molecule has 1 aromatic heterocycles. The smallest absolute Gasteiger partial charge is 0.338 e. The molecule has 0 aliphatic carbocycles. The highest BCUT2D eigenvalue weighted by molar-refractivity contribution is 14.1. The number of carbonyl (C=O) groups excluding carboxylic acids is 1. The molecule has 0 bridgehead atoms. The first-order valence-corrected chi connectivity index (χ1v) is 16.6. The van der Waals surface area contributed by atoms with Gasteiger partial charge in [0.1, 0.15) is 18.1 Å². The van der Waals surface area contributed by atoms with Crippen molar-refractivity contribution in [1.29, 1.82) is 0 Å². The summed E-state index contributed by atoms with van der Waals surface area (Å²) in [5.41, 5.74) is 2.64. The fourth-order valence-corrected chi connectivity index (χ4v) is 7.36. The van der Waals surface area contributed by atoms with Crippen molar-refractivity contribution in [2.24, 2.45) is 4.99 Å². The molecule has 1 aliphatic rings. The van der Waals surface area contributed by atoms with Crippen LogP contribution >= 0.6 is 68.7 Å². The number of rotatable bonds is 9. The molecule has 1 atom stereocenters. The minimum Gasteiger partial charge on any atom is -0.494 e. The van der Waals surface area contributed by atoms with Crippen molar-refractivity contribution in [3.63, 3.8) is 0 Å². The van der Waals surface area contributed by atoms with Gasteiger partial charge in [0, 0.05) is 10.6 Å². The second-order valence-corrected chi connectivity index (χ2v) is 13.1. The number of aromatic nitrogens is 1. The van der Waals surface area contributed by atoms with Gasteiger partial charge in [-0.3, -0.25) is 9.36 Å². The molecule has 0 amide bonds. The third kappa shape index (κ3) is 6.87. The standard InChI is InChI=1S/C32H26Cl3IN2O5S/c1-4-41-22-9-7-19(8-10-22)28-27(31(40)42-5-2)17(3)37-32-38(28)30(39)26(44-32)14-20-13-21(33)15-25(36)29(20)43-16-18-6-11-23(34)24(35)12-18/h6-15,28H,4-5,16H2,1-3H3/b26-14-/t28-/m1/s1. The average Bonchev–Trinajstić information content (AvgIpc) is 3.28. The van der Waals surface area contributed by atoms with Gasteiger partial charge in [0.05, 0.1) is 48.7 Å². The lowest BCUT2D eigenvalue weighted by Crippen LogP contribution is -2.39. The topological polar surface area (TPSA) is 79.1 Å². The molecular formula is C32H26Cl3IN2O5S. The highest BCUT2D eigenvalue weighted by Gasteiger charge is 2.33. The zero-order valence-electron chi connectivity index (χ0n) is 23.8. The number of nitrogens with zero attached hydrogens (tertiary/aromatic N) is 2. The molecule has 0 N–H and O–H groups in total. The zero-order valence-corrected chi connectivity index (χ0v) is 29.1. The van der Waals surface area contributed by atoms with E-state index < -0.39 is 12.0 Å². The van der Waals surface area contributed by atoms with Gasteiger partial charge >= 0.3 is 5.97 Å². The van der Waals surface area contributed by atoms with Crippen LogP contribution in [0.2, 0.25) is 15.1 Å². The summed E-state index contributed by atoms with van der Waals surface area (Å²) in [5.74, 6) is 0.716. The average molecular weight is 784 g/mol. The summed E-state index contributed by atoms with van der Waals surface area (Å²) in [5, 5.41) is 1.37. The van der Waals surface area contributed by atoms with Crippen LogP contribution in [0, 0.1) is 3.57 Å². The number of benzene rings is 3. The second-order valence-electron chi connectivity index (χ2n) is 9.65. The van der Waals surface area contributed by atoms with Crippen molar-refractivity contribution in [3.05, 3.63) is 121 Å². The summed E-state index contributed by atoms with van der Waals surface area (Å²) in [6, 6.07) is 15.4. The lowest BCUT2D eigenvalue weighted by atomic mass is 9.96. The number of esters is 1. The predicted molar refractivity (Wildman–Crippen MR) is 183 cm³/mol. The number of allylic oxidation sites excluding steroid dienone is 1. The van der Waals surface area contributed by atoms with Gasteiger partial charge in [0.15, 0.2) is 4.80 Å². The van der Waals surface area contributed by atoms with E-state index in [-0.39, 0.29) is 18.8 Å². The largest absolute Gasteiger partial charge is 0.494 e. The van der Waals surface area contributed by atoms with Crippen molar-refractivity contribution >= 4 is 80.8 Å². The Bertz CT molecular complexity index is 1950. The summed E-state index contributed by atoms with van der Waals surface area (Å²) in [7, 11) is 0. The predicted octanol–water partition coefficient (Wildman–Crippen LogP) is 7.34. The number of halogens is 4. The van der Waals surface area contributed by atoms with E-state index in [1.807, 2.05) is 37.3 Å². The first-order chi connectivity index (χ1) is 21.1. The minimum atomic E-state index is -0.743. The van der Waals surface area contributed by atoms with Crippen molar-refractivity contribution in [3.8, 4) is 11.5 Å². The quantitative estimate of drug-likeness (QED) is 0.131. The van der Waals surface area contributed by atoms with Gasteiger partial charge in [0.2, 0.25) is 0 Å². The van der Waals surface area contributed by atoms with Gasteiger partial charge in [-0.15, -0.1) is 0 Å². The van der Waals surface area contributed by atoms with Crippen molar-refractivity contribution < 1.29 is 19.0 Å². The molecule has 0 radical (unpaired) electrons. The molecule has 7 nitrogen and oxygen atoms in total. The third-order valence-corrected chi connectivity index (χ3v) is 9.46. The molecule has 0 fully saturated rings. The number of ether oxygens (including phenoxy) is 3. The van der Waals surface area contributed by atoms with Gasteiger partial charge in [-0.1, -0.05) is 64.3 Å². The van der Waals surface area contributed by atoms with Crippen LogP contribution in [0.5, 0.6) is 11.5 Å². The monoisotopic (exact) mass is 782 g/mol. The second kappa shape index (κ2) is 14.1. The van der Waals surface area contributed by atoms with E-state index in [1.54, 1.807) is 44.2 Å². The molecule has 1 aliphatic heterocycles. The number of carbonyl (C=O) groups is 1. The summed E-state index contributed by atoms with van der Waals surface area (Å²) < 4.78 is 19.9. The van der Waals surface area contributed by atoms with Crippen LogP contribution in [0.15, 0.2) is 75.7 Å². The molecule has 0 spiro atoms. The van der Waals surface area contributed by atoms with Crippen LogP contribution < -0.4 is 24.4 Å². The fraction of sp³-hybridized carbons (Fsp3) is 0.219. The number of thiazole rings is 1. The van der Waals surface area contributed by atoms with E-state index in [2.05, 4.69) is 27.6 Å². The van der Waals surface area contributed by atoms with E-state index >= 15 is 0 Å². The highest BCUT2D eigenvalue weighted by atomic mass is 127. The first-order valence-electron chi connectivity index (χ1n) is 13.6. The molecule has 0 saturated heterocycles. The Hall–Kier alpha value is -2.83. The van der Waals surface area contributed by atoms with Crippen molar-refractivity contribution in [2.75, 3.05) is 13.2 Å². The summed E-state index contributed by atoms with van der Waals surface area (Å²) in [6.45, 7) is 6.32. The molecular weight excluding hydrogens is 758 g/mol. The lowest BCUT2D eigenvalue weighted by molar-refractivity contribution is -0.139. The van der Waals surface area contributed by atoms with Gasteiger partial charge in [-0.25, -0.2) is 9.79 Å². The SMILES string of the molecule is CCOC(=O)C1=C(C)N=c2s/c(=C\c3cc(Cl)cc(I)c3OCc3ccc(Cl)c(Cl)c3)c(=O)n2[C@@H]1c1ccc(OCC)cc1. The highest BCUT2D eigenvalue weighted by Crippen LogP contribution is 2.33. The Morgan fingerprint density at radius 1 is 1.02 bits per heavy atom. The summed E-state index contributed by atoms with van der Waals surface area (Å²) in [4.78, 5) is 32.4. The molecule has 3 aromatic carbocycles. The lowest BCUT2D eigenvalue weighted by Gasteiger charge is -2.24. The van der Waals surface area contributed by atoms with E-state index in [9.17, 15) is 9.59 Å². The maximum atomic E-state index is 14.1. The molecule has 228 valence electrons. The summed E-state index contributed by atoms with van der Waals surface area (Å²) >= 11 is 22.1. The Balaban J connectivity index is 1.62. The van der Waals surface area contributed by atoms with Crippen LogP contribution in [-0.2, 0) is 16.1 Å². The number of hydrogen-bond donors (Lipinski definition) is 0. The maximum Gasteiger partial charge on any atom is 0.338 e. The molecule has 12 heteroatoms. The minimum absolute atomic E-state index is 0.189. The molecule has 0 unspecified atom stereocenters. The van der Waals surface area contributed by atoms with Crippen molar-refractivity contribution in [2.45, 2.75) is 33.4 Å². The normalized spacial score (nSPS) is 14.7. The molecule has 44 heavy (non-hydrogen) atoms. The molecule has 5 rings (SSSR count). The first kappa shape index (κ1) is 32.6. The van der Waals surface area contributed by atoms with Crippen LogP contribution in [0.25, 0.3) is 6.08 Å². The Labute approximate surface area is 286 Å². The zero-order chi connectivity index (χ0) is 31.5. The van der Waals surface area contributed by atoms with Crippen LogP contribution in [0.4, 0.5) is 0 Å². The van der Waals surface area contributed by atoms with Crippen LogP contribution in [0.1, 0.15) is 43.5 Å². The van der Waals surface area contributed by atoms with E-state index in [0.29, 0.717) is 59.3 Å². The Morgan fingerprint density at radius 2 is 1.77 bits per heavy atom. The van der Waals surface area contributed by atoms with Gasteiger partial charge in [0.25, 0.3) is 5.56 Å². The molecule has 2 heterocycles. The number of hydrogen-bond acceptors (Lipinski definition) is 7. The van der Waals surface area contributed by atoms with Crippen molar-refractivity contribution in [1.82, 2.24) is 4.57 Å². The van der Waals surface area contributed by atoms with Crippen LogP contribution in [0.3, 0.4) is 0 Å². The van der Waals surface area contributed by atoms with E-state index in [0.717, 1.165) is 14.7 Å². The van der Waals surface area contributed by atoms with Crippen LogP contribution in [-0.4, -0.2) is 23.8 Å².